The minimum absolute atomic E-state index is 0.283. The molecule has 0 saturated heterocycles. The predicted molar refractivity (Wildman–Crippen MR) is 85.9 cm³/mol. The molecule has 1 aliphatic rings. The summed E-state index contributed by atoms with van der Waals surface area (Å²) in [5.74, 6) is -0.709. The minimum atomic E-state index is -1.05. The number of benzene rings is 2. The normalized spacial score (nSPS) is 15.7. The number of hydrogen-bond acceptors (Lipinski definition) is 3. The van der Waals surface area contributed by atoms with Crippen LogP contribution in [0.4, 0.5) is 10.1 Å². The van der Waals surface area contributed by atoms with Gasteiger partial charge in [-0.05, 0) is 44.2 Å². The van der Waals surface area contributed by atoms with Gasteiger partial charge in [0.1, 0.15) is 11.4 Å². The Labute approximate surface area is 133 Å². The summed E-state index contributed by atoms with van der Waals surface area (Å²) in [5.41, 5.74) is 1.08. The lowest BCUT2D eigenvalue weighted by Crippen LogP contribution is -2.34. The number of nitriles is 1. The van der Waals surface area contributed by atoms with E-state index in [-0.39, 0.29) is 5.91 Å². The first-order valence-electron chi connectivity index (χ1n) is 7.13. The predicted octanol–water partition coefficient (Wildman–Crippen LogP) is 3.27. The third-order valence-electron chi connectivity index (χ3n) is 3.73. The monoisotopic (exact) mass is 307 g/mol. The number of benzodiazepines with no additional fused rings is 1. The van der Waals surface area contributed by atoms with Gasteiger partial charge in [-0.3, -0.25) is 9.79 Å². The highest BCUT2D eigenvalue weighted by molar-refractivity contribution is 6.20. The number of hydrogen-bond donors (Lipinski definition) is 1. The summed E-state index contributed by atoms with van der Waals surface area (Å²) in [6.07, 6.45) is 0. The van der Waals surface area contributed by atoms with E-state index in [9.17, 15) is 9.18 Å². The standard InChI is InChI=1S/C18H14FN3O/c1-18(2)17(23)21-15-8-7-11(10-20)9-13(15)16(22-18)12-5-3-4-6-14(12)19/h3-9H,1-2H3,(H,21,23). The van der Waals surface area contributed by atoms with Gasteiger partial charge in [-0.1, -0.05) is 12.1 Å². The minimum Gasteiger partial charge on any atom is -0.323 e. The molecule has 0 aliphatic carbocycles. The van der Waals surface area contributed by atoms with E-state index < -0.39 is 11.4 Å². The Kier molecular flexibility index (Phi) is 3.45. The number of anilines is 1. The van der Waals surface area contributed by atoms with Crippen molar-refractivity contribution in [3.8, 4) is 6.07 Å². The number of aliphatic imine (C=N–C) groups is 1. The van der Waals surface area contributed by atoms with Crippen molar-refractivity contribution in [1.82, 2.24) is 0 Å². The Hall–Kier alpha value is -3.00. The van der Waals surface area contributed by atoms with E-state index in [2.05, 4.69) is 16.4 Å². The van der Waals surface area contributed by atoms with Gasteiger partial charge in [0.2, 0.25) is 0 Å². The van der Waals surface area contributed by atoms with E-state index in [0.717, 1.165) is 0 Å². The molecule has 0 aromatic heterocycles. The lowest BCUT2D eigenvalue weighted by molar-refractivity contribution is -0.119. The van der Waals surface area contributed by atoms with Gasteiger partial charge in [0, 0.05) is 11.1 Å². The van der Waals surface area contributed by atoms with Crippen LogP contribution in [-0.2, 0) is 4.79 Å². The van der Waals surface area contributed by atoms with Gasteiger partial charge in [-0.25, -0.2) is 4.39 Å². The summed E-state index contributed by atoms with van der Waals surface area (Å²) in [4.78, 5) is 16.8. The summed E-state index contributed by atoms with van der Waals surface area (Å²) in [6.45, 7) is 3.33. The van der Waals surface area contributed by atoms with Gasteiger partial charge in [-0.2, -0.15) is 5.26 Å². The van der Waals surface area contributed by atoms with Gasteiger partial charge >= 0.3 is 0 Å². The zero-order chi connectivity index (χ0) is 16.6. The number of carbonyl (C=O) groups excluding carboxylic acids is 1. The van der Waals surface area contributed by atoms with Gasteiger partial charge in [0.05, 0.1) is 23.0 Å². The maximum atomic E-state index is 14.3. The zero-order valence-electron chi connectivity index (χ0n) is 12.7. The van der Waals surface area contributed by atoms with E-state index in [4.69, 9.17) is 5.26 Å². The lowest BCUT2D eigenvalue weighted by atomic mass is 9.98. The summed E-state index contributed by atoms with van der Waals surface area (Å²) in [5, 5.41) is 11.9. The van der Waals surface area contributed by atoms with Gasteiger partial charge in [0.15, 0.2) is 0 Å². The second kappa shape index (κ2) is 5.33. The molecule has 5 heteroatoms. The molecule has 0 fully saturated rings. The topological polar surface area (TPSA) is 65.2 Å². The first kappa shape index (κ1) is 14.9. The van der Waals surface area contributed by atoms with Crippen LogP contribution >= 0.6 is 0 Å². The van der Waals surface area contributed by atoms with Crippen LogP contribution in [0.1, 0.15) is 30.5 Å². The molecule has 4 nitrogen and oxygen atoms in total. The highest BCUT2D eigenvalue weighted by Crippen LogP contribution is 2.29. The average molecular weight is 307 g/mol. The highest BCUT2D eigenvalue weighted by Gasteiger charge is 2.33. The molecular weight excluding hydrogens is 293 g/mol. The van der Waals surface area contributed by atoms with Crippen LogP contribution in [0.2, 0.25) is 0 Å². The van der Waals surface area contributed by atoms with Crippen LogP contribution in [-0.4, -0.2) is 17.2 Å². The Bertz CT molecular complexity index is 878. The summed E-state index contributed by atoms with van der Waals surface area (Å²) in [6, 6.07) is 13.2. The molecule has 3 rings (SSSR count). The van der Waals surface area contributed by atoms with Crippen molar-refractivity contribution in [2.45, 2.75) is 19.4 Å². The first-order valence-corrected chi connectivity index (χ1v) is 7.13. The Morgan fingerprint density at radius 1 is 1.17 bits per heavy atom. The SMILES string of the molecule is CC1(C)N=C(c2ccccc2F)c2cc(C#N)ccc2NC1=O. The molecule has 1 amide bonds. The van der Waals surface area contributed by atoms with Crippen molar-refractivity contribution in [2.75, 3.05) is 5.32 Å². The Balaban J connectivity index is 2.33. The molecule has 114 valence electrons. The fourth-order valence-electron chi connectivity index (χ4n) is 2.44. The van der Waals surface area contributed by atoms with Crippen LogP contribution in [0.5, 0.6) is 0 Å². The van der Waals surface area contributed by atoms with E-state index in [0.29, 0.717) is 28.1 Å². The number of rotatable bonds is 1. The summed E-state index contributed by atoms with van der Waals surface area (Å²) >= 11 is 0. The second-order valence-corrected chi connectivity index (χ2v) is 5.83. The van der Waals surface area contributed by atoms with Crippen molar-refractivity contribution >= 4 is 17.3 Å². The largest absolute Gasteiger partial charge is 0.323 e. The third kappa shape index (κ3) is 2.59. The number of carbonyl (C=O) groups is 1. The Morgan fingerprint density at radius 3 is 2.61 bits per heavy atom. The van der Waals surface area contributed by atoms with Gasteiger partial charge < -0.3 is 5.32 Å². The van der Waals surface area contributed by atoms with E-state index in [1.54, 1.807) is 50.2 Å². The van der Waals surface area contributed by atoms with E-state index in [1.165, 1.54) is 6.07 Å². The third-order valence-corrected chi connectivity index (χ3v) is 3.73. The molecule has 1 heterocycles. The van der Waals surface area contributed by atoms with Crippen LogP contribution in [0.3, 0.4) is 0 Å². The molecule has 0 bridgehead atoms. The summed E-state index contributed by atoms with van der Waals surface area (Å²) in [7, 11) is 0. The highest BCUT2D eigenvalue weighted by atomic mass is 19.1. The molecule has 0 saturated carbocycles. The molecular formula is C18H14FN3O. The molecule has 0 atom stereocenters. The second-order valence-electron chi connectivity index (χ2n) is 5.83. The lowest BCUT2D eigenvalue weighted by Gasteiger charge is -2.17. The maximum Gasteiger partial charge on any atom is 0.251 e. The molecule has 23 heavy (non-hydrogen) atoms. The van der Waals surface area contributed by atoms with Crippen LogP contribution < -0.4 is 5.32 Å². The van der Waals surface area contributed by atoms with Crippen molar-refractivity contribution in [3.63, 3.8) is 0 Å². The van der Waals surface area contributed by atoms with E-state index >= 15 is 0 Å². The molecule has 1 aliphatic heterocycles. The van der Waals surface area contributed by atoms with Crippen LogP contribution in [0, 0.1) is 17.1 Å². The maximum absolute atomic E-state index is 14.3. The molecule has 2 aromatic carbocycles. The molecule has 0 spiro atoms. The van der Waals surface area contributed by atoms with Gasteiger partial charge in [0.25, 0.3) is 5.91 Å². The molecule has 2 aromatic rings. The quantitative estimate of drug-likeness (QED) is 0.878. The fraction of sp³-hybridized carbons (Fsp3) is 0.167. The molecule has 0 unspecified atom stereocenters. The number of nitrogens with zero attached hydrogens (tertiary/aromatic N) is 2. The number of nitrogens with one attached hydrogen (secondary N) is 1. The van der Waals surface area contributed by atoms with Crippen molar-refractivity contribution < 1.29 is 9.18 Å². The van der Waals surface area contributed by atoms with Crippen molar-refractivity contribution in [1.29, 1.82) is 5.26 Å². The molecule has 1 N–H and O–H groups in total. The van der Waals surface area contributed by atoms with E-state index in [1.807, 2.05) is 0 Å². The number of amides is 1. The number of fused-ring (bicyclic) bond motifs is 1. The summed E-state index contributed by atoms with van der Waals surface area (Å²) < 4.78 is 14.3. The smallest absolute Gasteiger partial charge is 0.251 e. The van der Waals surface area contributed by atoms with Crippen molar-refractivity contribution in [3.05, 3.63) is 65.0 Å². The Morgan fingerprint density at radius 2 is 1.91 bits per heavy atom. The average Bonchev–Trinajstić information content (AvgIpc) is 2.62. The van der Waals surface area contributed by atoms with Crippen LogP contribution in [0.15, 0.2) is 47.5 Å². The number of halogens is 1. The molecule has 0 radical (unpaired) electrons. The zero-order valence-corrected chi connectivity index (χ0v) is 12.7. The van der Waals surface area contributed by atoms with Gasteiger partial charge in [-0.15, -0.1) is 0 Å². The van der Waals surface area contributed by atoms with Crippen LogP contribution in [0.25, 0.3) is 0 Å². The first-order chi connectivity index (χ1) is 10.9. The van der Waals surface area contributed by atoms with Crippen molar-refractivity contribution in [2.24, 2.45) is 4.99 Å². The fourth-order valence-corrected chi connectivity index (χ4v) is 2.44.